The van der Waals surface area contributed by atoms with E-state index < -0.39 is 0 Å². The molecule has 3 rings (SSSR count). The molecule has 2 aromatic heterocycles. The molecular weight excluding hydrogens is 268 g/mol. The third-order valence-corrected chi connectivity index (χ3v) is 3.50. The van der Waals surface area contributed by atoms with Gasteiger partial charge in [-0.15, -0.1) is 0 Å². The Balaban J connectivity index is 1.52. The molecule has 2 aromatic rings. The SMILES string of the molecule is N#Cc1c(NCCOCC2CCCO2)nc2ccccn12. The molecule has 1 N–H and O–H groups in total. The van der Waals surface area contributed by atoms with Crippen molar-refractivity contribution in [2.24, 2.45) is 0 Å². The molecule has 0 radical (unpaired) electrons. The third kappa shape index (κ3) is 3.15. The zero-order valence-corrected chi connectivity index (χ0v) is 11.8. The molecule has 0 spiro atoms. The summed E-state index contributed by atoms with van der Waals surface area (Å²) >= 11 is 0. The number of hydrogen-bond donors (Lipinski definition) is 1. The second-order valence-corrected chi connectivity index (χ2v) is 4.99. The molecule has 1 unspecified atom stereocenters. The Morgan fingerprint density at radius 1 is 1.52 bits per heavy atom. The van der Waals surface area contributed by atoms with Gasteiger partial charge in [-0.2, -0.15) is 5.26 Å². The Kier molecular flexibility index (Phi) is 4.34. The van der Waals surface area contributed by atoms with Crippen molar-refractivity contribution in [1.29, 1.82) is 5.26 Å². The van der Waals surface area contributed by atoms with Crippen LogP contribution in [0, 0.1) is 11.3 Å². The Labute approximate surface area is 123 Å². The van der Waals surface area contributed by atoms with Crippen molar-refractivity contribution in [1.82, 2.24) is 9.38 Å². The maximum atomic E-state index is 9.25. The van der Waals surface area contributed by atoms with E-state index in [9.17, 15) is 5.26 Å². The number of nitrogens with zero attached hydrogens (tertiary/aromatic N) is 3. The summed E-state index contributed by atoms with van der Waals surface area (Å²) in [6.45, 7) is 2.67. The fourth-order valence-electron chi connectivity index (χ4n) is 2.46. The van der Waals surface area contributed by atoms with Crippen LogP contribution < -0.4 is 5.32 Å². The second kappa shape index (κ2) is 6.57. The van der Waals surface area contributed by atoms with Crippen LogP contribution in [0.1, 0.15) is 18.5 Å². The van der Waals surface area contributed by atoms with E-state index in [-0.39, 0.29) is 6.10 Å². The number of rotatable bonds is 6. The lowest BCUT2D eigenvalue weighted by Crippen LogP contribution is -2.18. The Morgan fingerprint density at radius 3 is 3.29 bits per heavy atom. The first-order chi connectivity index (χ1) is 10.4. The normalized spacial score (nSPS) is 18.0. The lowest BCUT2D eigenvalue weighted by molar-refractivity contribution is 0.0206. The van der Waals surface area contributed by atoms with Crippen molar-refractivity contribution in [3.05, 3.63) is 30.1 Å². The average Bonchev–Trinajstić information content (AvgIpc) is 3.13. The lowest BCUT2D eigenvalue weighted by atomic mass is 10.2. The van der Waals surface area contributed by atoms with Gasteiger partial charge < -0.3 is 14.8 Å². The molecule has 0 saturated carbocycles. The first kappa shape index (κ1) is 13.9. The zero-order valence-electron chi connectivity index (χ0n) is 11.8. The highest BCUT2D eigenvalue weighted by atomic mass is 16.5. The zero-order chi connectivity index (χ0) is 14.5. The quantitative estimate of drug-likeness (QED) is 0.820. The Bertz CT molecular complexity index is 641. The summed E-state index contributed by atoms with van der Waals surface area (Å²) in [5.74, 6) is 0.601. The fourth-order valence-corrected chi connectivity index (χ4v) is 2.46. The molecule has 0 amide bonds. The van der Waals surface area contributed by atoms with E-state index in [2.05, 4.69) is 16.4 Å². The maximum Gasteiger partial charge on any atom is 0.168 e. The largest absolute Gasteiger partial charge is 0.377 e. The predicted octanol–water partition coefficient (Wildman–Crippen LogP) is 1.81. The van der Waals surface area contributed by atoms with Crippen molar-refractivity contribution >= 4 is 11.5 Å². The molecular formula is C15H18N4O2. The van der Waals surface area contributed by atoms with Crippen molar-refractivity contribution in [2.75, 3.05) is 31.7 Å². The number of aromatic nitrogens is 2. The van der Waals surface area contributed by atoms with Gasteiger partial charge in [0.2, 0.25) is 0 Å². The molecule has 1 fully saturated rings. The summed E-state index contributed by atoms with van der Waals surface area (Å²) in [4.78, 5) is 4.41. The number of fused-ring (bicyclic) bond motifs is 1. The van der Waals surface area contributed by atoms with E-state index in [1.54, 1.807) is 4.40 Å². The Hall–Kier alpha value is -2.10. The third-order valence-electron chi connectivity index (χ3n) is 3.50. The van der Waals surface area contributed by atoms with Crippen molar-refractivity contribution in [2.45, 2.75) is 18.9 Å². The number of anilines is 1. The molecule has 0 aromatic carbocycles. The van der Waals surface area contributed by atoms with Crippen LogP contribution in [-0.2, 0) is 9.47 Å². The number of pyridine rings is 1. The summed E-state index contributed by atoms with van der Waals surface area (Å²) in [5.41, 5.74) is 1.28. The molecule has 1 aliphatic heterocycles. The van der Waals surface area contributed by atoms with Crippen molar-refractivity contribution < 1.29 is 9.47 Å². The van der Waals surface area contributed by atoms with Crippen LogP contribution in [0.2, 0.25) is 0 Å². The highest BCUT2D eigenvalue weighted by Crippen LogP contribution is 2.16. The molecule has 1 saturated heterocycles. The molecule has 6 heteroatoms. The summed E-state index contributed by atoms with van der Waals surface area (Å²) in [6.07, 6.45) is 4.28. The maximum absolute atomic E-state index is 9.25. The topological polar surface area (TPSA) is 71.6 Å². The molecule has 0 bridgehead atoms. The van der Waals surface area contributed by atoms with Gasteiger partial charge in [0.15, 0.2) is 11.5 Å². The van der Waals surface area contributed by atoms with Crippen LogP contribution in [0.5, 0.6) is 0 Å². The van der Waals surface area contributed by atoms with Crippen molar-refractivity contribution in [3.63, 3.8) is 0 Å². The lowest BCUT2D eigenvalue weighted by Gasteiger charge is -2.10. The first-order valence-electron chi connectivity index (χ1n) is 7.19. The van der Waals surface area contributed by atoms with Gasteiger partial charge >= 0.3 is 0 Å². The van der Waals surface area contributed by atoms with E-state index in [0.717, 1.165) is 25.1 Å². The van der Waals surface area contributed by atoms with E-state index in [0.29, 0.717) is 31.3 Å². The number of nitrogens with one attached hydrogen (secondary N) is 1. The fraction of sp³-hybridized carbons (Fsp3) is 0.467. The van der Waals surface area contributed by atoms with E-state index in [1.165, 1.54) is 0 Å². The number of imidazole rings is 1. The number of hydrogen-bond acceptors (Lipinski definition) is 5. The molecule has 21 heavy (non-hydrogen) atoms. The highest BCUT2D eigenvalue weighted by Gasteiger charge is 2.15. The van der Waals surface area contributed by atoms with Crippen LogP contribution in [0.15, 0.2) is 24.4 Å². The van der Waals surface area contributed by atoms with Crippen LogP contribution >= 0.6 is 0 Å². The predicted molar refractivity (Wildman–Crippen MR) is 78.2 cm³/mol. The molecule has 1 atom stereocenters. The summed E-state index contributed by atoms with van der Waals surface area (Å²) in [6, 6.07) is 7.84. The first-order valence-corrected chi connectivity index (χ1v) is 7.19. The van der Waals surface area contributed by atoms with E-state index in [4.69, 9.17) is 9.47 Å². The van der Waals surface area contributed by atoms with Gasteiger partial charge in [0.05, 0.1) is 19.3 Å². The van der Waals surface area contributed by atoms with Gasteiger partial charge in [0, 0.05) is 19.3 Å². The Morgan fingerprint density at radius 2 is 2.48 bits per heavy atom. The molecule has 6 nitrogen and oxygen atoms in total. The van der Waals surface area contributed by atoms with Crippen LogP contribution in [-0.4, -0.2) is 41.9 Å². The van der Waals surface area contributed by atoms with Crippen molar-refractivity contribution in [3.8, 4) is 6.07 Å². The van der Waals surface area contributed by atoms with Gasteiger partial charge in [0.25, 0.3) is 0 Å². The summed E-state index contributed by atoms with van der Waals surface area (Å²) in [5, 5.41) is 12.4. The minimum absolute atomic E-state index is 0.245. The standard InChI is InChI=1S/C15H18N4O2/c16-10-13-15(18-14-5-1-2-7-19(13)14)17-6-9-20-11-12-4-3-8-21-12/h1-2,5,7,12,17H,3-4,6,8-9,11H2. The average molecular weight is 286 g/mol. The van der Waals surface area contributed by atoms with Crippen LogP contribution in [0.25, 0.3) is 5.65 Å². The molecule has 3 heterocycles. The molecule has 0 aliphatic carbocycles. The van der Waals surface area contributed by atoms with Gasteiger partial charge in [-0.3, -0.25) is 4.40 Å². The van der Waals surface area contributed by atoms with Gasteiger partial charge in [-0.05, 0) is 25.0 Å². The van der Waals surface area contributed by atoms with E-state index >= 15 is 0 Å². The van der Waals surface area contributed by atoms with Crippen LogP contribution in [0.3, 0.4) is 0 Å². The minimum Gasteiger partial charge on any atom is -0.377 e. The number of ether oxygens (including phenoxy) is 2. The minimum atomic E-state index is 0.245. The van der Waals surface area contributed by atoms with Crippen LogP contribution in [0.4, 0.5) is 5.82 Å². The molecule has 110 valence electrons. The second-order valence-electron chi connectivity index (χ2n) is 4.99. The van der Waals surface area contributed by atoms with Gasteiger partial charge in [-0.25, -0.2) is 4.98 Å². The highest BCUT2D eigenvalue weighted by molar-refractivity contribution is 5.58. The van der Waals surface area contributed by atoms with Gasteiger partial charge in [-0.1, -0.05) is 6.07 Å². The van der Waals surface area contributed by atoms with E-state index in [1.807, 2.05) is 24.4 Å². The van der Waals surface area contributed by atoms with Gasteiger partial charge in [0.1, 0.15) is 11.7 Å². The smallest absolute Gasteiger partial charge is 0.168 e. The summed E-state index contributed by atoms with van der Waals surface area (Å²) < 4.78 is 12.8. The number of nitriles is 1. The summed E-state index contributed by atoms with van der Waals surface area (Å²) in [7, 11) is 0. The molecule has 1 aliphatic rings. The monoisotopic (exact) mass is 286 g/mol.